The number of hydrogen-bond acceptors (Lipinski definition) is 3. The molecule has 0 saturated carbocycles. The van der Waals surface area contributed by atoms with Crippen LogP contribution >= 0.6 is 0 Å². The number of rotatable bonds is 3. The molecule has 2 aliphatic carbocycles. The zero-order chi connectivity index (χ0) is 25.7. The summed E-state index contributed by atoms with van der Waals surface area (Å²) in [5.74, 6) is -0.122. The molecule has 0 spiro atoms. The predicted molar refractivity (Wildman–Crippen MR) is 146 cm³/mol. The Morgan fingerprint density at radius 1 is 0.973 bits per heavy atom. The molecule has 4 aromatic rings. The number of Topliss-reactive ketones (excluding diaryl/α,β-unsaturated/α-hetero) is 1. The maximum absolute atomic E-state index is 13.0. The Bertz CT molecular complexity index is 1590. The number of nitriles is 1. The van der Waals surface area contributed by atoms with Crippen molar-refractivity contribution in [1.29, 1.82) is 5.26 Å². The molecule has 0 N–H and O–H groups in total. The summed E-state index contributed by atoms with van der Waals surface area (Å²) in [7, 11) is 0. The molecule has 6 rings (SSSR count). The number of hydrogen-bond donors (Lipinski definition) is 0. The predicted octanol–water partition coefficient (Wildman–Crippen LogP) is 7.00. The summed E-state index contributed by atoms with van der Waals surface area (Å²) in [6.07, 6.45) is 3.67. The number of fused-ring (bicyclic) bond motifs is 3. The Hall–Kier alpha value is -4.23. The van der Waals surface area contributed by atoms with Gasteiger partial charge in [0.15, 0.2) is 5.78 Å². The third kappa shape index (κ3) is 3.57. The van der Waals surface area contributed by atoms with Crippen molar-refractivity contribution < 1.29 is 4.79 Å². The quantitative estimate of drug-likeness (QED) is 0.315. The molecule has 0 unspecified atom stereocenters. The van der Waals surface area contributed by atoms with Gasteiger partial charge in [0.05, 0.1) is 22.6 Å². The van der Waals surface area contributed by atoms with E-state index >= 15 is 0 Å². The van der Waals surface area contributed by atoms with Crippen molar-refractivity contribution in [2.45, 2.75) is 39.0 Å². The molecule has 0 saturated heterocycles. The molecule has 0 aliphatic heterocycles. The van der Waals surface area contributed by atoms with Gasteiger partial charge in [-0.25, -0.2) is 4.68 Å². The Labute approximate surface area is 217 Å². The van der Waals surface area contributed by atoms with E-state index in [4.69, 9.17) is 5.10 Å². The zero-order valence-electron chi connectivity index (χ0n) is 21.4. The zero-order valence-corrected chi connectivity index (χ0v) is 21.4. The second-order valence-electron chi connectivity index (χ2n) is 10.6. The lowest BCUT2D eigenvalue weighted by Gasteiger charge is -2.45. The minimum Gasteiger partial charge on any atom is -0.293 e. The molecule has 1 aromatic heterocycles. The van der Waals surface area contributed by atoms with Gasteiger partial charge >= 0.3 is 0 Å². The summed E-state index contributed by atoms with van der Waals surface area (Å²) < 4.78 is 2.08. The van der Waals surface area contributed by atoms with Crippen molar-refractivity contribution in [2.24, 2.45) is 11.8 Å². The fraction of sp³-hybridized carbons (Fsp3) is 0.242. The molecule has 0 radical (unpaired) electrons. The van der Waals surface area contributed by atoms with Crippen LogP contribution in [0, 0.1) is 30.1 Å². The van der Waals surface area contributed by atoms with E-state index in [0.29, 0.717) is 0 Å². The summed E-state index contributed by atoms with van der Waals surface area (Å²) in [5, 5.41) is 15.1. The molecule has 1 heterocycles. The van der Waals surface area contributed by atoms with Crippen molar-refractivity contribution in [1.82, 2.24) is 9.78 Å². The highest BCUT2D eigenvalue weighted by Gasteiger charge is 2.50. The monoisotopic (exact) mass is 483 g/mol. The largest absolute Gasteiger partial charge is 0.293 e. The van der Waals surface area contributed by atoms with E-state index in [2.05, 4.69) is 85.3 Å². The number of nitrogens with zero attached hydrogens (tertiary/aromatic N) is 3. The van der Waals surface area contributed by atoms with Crippen molar-refractivity contribution in [3.63, 3.8) is 0 Å². The molecule has 37 heavy (non-hydrogen) atoms. The van der Waals surface area contributed by atoms with Gasteiger partial charge < -0.3 is 0 Å². The van der Waals surface area contributed by atoms with Crippen LogP contribution in [0.5, 0.6) is 0 Å². The molecular formula is C33H29N3O. The van der Waals surface area contributed by atoms with E-state index in [-0.39, 0.29) is 23.2 Å². The van der Waals surface area contributed by atoms with Crippen LogP contribution in [0.25, 0.3) is 28.1 Å². The smallest absolute Gasteiger partial charge is 0.176 e. The number of ketones is 1. The van der Waals surface area contributed by atoms with Crippen LogP contribution in [0.15, 0.2) is 90.5 Å². The number of aromatic nitrogens is 2. The molecule has 3 atom stereocenters. The van der Waals surface area contributed by atoms with Gasteiger partial charge in [0.2, 0.25) is 0 Å². The summed E-state index contributed by atoms with van der Waals surface area (Å²) in [6, 6.07) is 29.4. The molecule has 4 heteroatoms. The second kappa shape index (κ2) is 8.71. The Morgan fingerprint density at radius 2 is 1.65 bits per heavy atom. The topological polar surface area (TPSA) is 58.7 Å². The normalized spacial score (nSPS) is 22.5. The van der Waals surface area contributed by atoms with Crippen LogP contribution in [0.4, 0.5) is 0 Å². The van der Waals surface area contributed by atoms with E-state index < -0.39 is 5.41 Å². The SMILES string of the molecule is Cc1ccccc1-c1nn(-c2ccc(-c3ccccc3)cc2)c2c1CC[C@@H]1[C@@H](C)C(=O)C(C#N)=C[C@@]21C. The molecule has 4 nitrogen and oxygen atoms in total. The maximum atomic E-state index is 13.0. The van der Waals surface area contributed by atoms with Gasteiger partial charge in [-0.2, -0.15) is 10.4 Å². The fourth-order valence-corrected chi connectivity index (χ4v) is 6.51. The van der Waals surface area contributed by atoms with E-state index in [1.807, 2.05) is 31.2 Å². The number of allylic oxidation sites excluding steroid dienone is 2. The summed E-state index contributed by atoms with van der Waals surface area (Å²) in [6.45, 7) is 6.30. The van der Waals surface area contributed by atoms with Gasteiger partial charge in [-0.3, -0.25) is 4.79 Å². The van der Waals surface area contributed by atoms with Crippen molar-refractivity contribution in [3.8, 4) is 34.1 Å². The summed E-state index contributed by atoms with van der Waals surface area (Å²) in [5.41, 5.74) is 8.72. The van der Waals surface area contributed by atoms with Crippen LogP contribution in [-0.2, 0) is 16.6 Å². The molecule has 182 valence electrons. The highest BCUT2D eigenvalue weighted by molar-refractivity contribution is 6.02. The summed E-state index contributed by atoms with van der Waals surface area (Å²) >= 11 is 0. The first-order valence-corrected chi connectivity index (χ1v) is 12.9. The van der Waals surface area contributed by atoms with Gasteiger partial charge in [0, 0.05) is 22.5 Å². The highest BCUT2D eigenvalue weighted by Crippen LogP contribution is 2.52. The second-order valence-corrected chi connectivity index (χ2v) is 10.6. The standard InChI is InChI=1S/C33H29N3O/c1-21-9-7-8-12-27(21)30-28-17-18-29-22(2)31(37)25(20-34)19-33(29,3)32(28)36(35-30)26-15-13-24(14-16-26)23-10-5-4-6-11-23/h4-16,19,22,29H,17-18H2,1-3H3/t22-,29-,33-/m1/s1. The molecule has 0 fully saturated rings. The summed E-state index contributed by atoms with van der Waals surface area (Å²) in [4.78, 5) is 13.0. The van der Waals surface area contributed by atoms with Crippen LogP contribution in [0.2, 0.25) is 0 Å². The van der Waals surface area contributed by atoms with Crippen LogP contribution in [-0.4, -0.2) is 15.6 Å². The molecule has 3 aromatic carbocycles. The Balaban J connectivity index is 1.59. The fourth-order valence-electron chi connectivity index (χ4n) is 6.51. The maximum Gasteiger partial charge on any atom is 0.176 e. The third-order valence-corrected chi connectivity index (χ3v) is 8.44. The number of benzene rings is 3. The van der Waals surface area contributed by atoms with Gasteiger partial charge in [-0.05, 0) is 54.5 Å². The van der Waals surface area contributed by atoms with Crippen molar-refractivity contribution >= 4 is 5.78 Å². The number of carbonyl (C=O) groups is 1. The van der Waals surface area contributed by atoms with Gasteiger partial charge in [0.1, 0.15) is 6.07 Å². The van der Waals surface area contributed by atoms with E-state index in [1.54, 1.807) is 0 Å². The molecule has 2 aliphatic rings. The van der Waals surface area contributed by atoms with Crippen LogP contribution in [0.1, 0.15) is 37.1 Å². The first kappa shape index (κ1) is 23.2. The Morgan fingerprint density at radius 3 is 2.35 bits per heavy atom. The van der Waals surface area contributed by atoms with E-state index in [0.717, 1.165) is 41.0 Å². The lowest BCUT2D eigenvalue weighted by atomic mass is 9.57. The van der Waals surface area contributed by atoms with E-state index in [1.165, 1.54) is 16.7 Å². The van der Waals surface area contributed by atoms with E-state index in [9.17, 15) is 10.1 Å². The minimum absolute atomic E-state index is 0.0363. The van der Waals surface area contributed by atoms with Gasteiger partial charge in [-0.15, -0.1) is 0 Å². The lowest BCUT2D eigenvalue weighted by molar-refractivity contribution is -0.121. The first-order chi connectivity index (χ1) is 17.9. The highest BCUT2D eigenvalue weighted by atomic mass is 16.1. The average Bonchev–Trinajstić information content (AvgIpc) is 3.32. The van der Waals surface area contributed by atoms with Crippen LogP contribution < -0.4 is 0 Å². The third-order valence-electron chi connectivity index (χ3n) is 8.44. The number of carbonyl (C=O) groups excluding carboxylic acids is 1. The minimum atomic E-state index is -0.474. The first-order valence-electron chi connectivity index (χ1n) is 12.9. The average molecular weight is 484 g/mol. The molecule has 0 amide bonds. The molecule has 0 bridgehead atoms. The van der Waals surface area contributed by atoms with Gasteiger partial charge in [-0.1, -0.05) is 86.7 Å². The van der Waals surface area contributed by atoms with Gasteiger partial charge in [0.25, 0.3) is 0 Å². The van der Waals surface area contributed by atoms with Crippen molar-refractivity contribution in [3.05, 3.63) is 107 Å². The number of aryl methyl sites for hydroxylation is 1. The van der Waals surface area contributed by atoms with Crippen molar-refractivity contribution in [2.75, 3.05) is 0 Å². The Kier molecular flexibility index (Phi) is 5.46. The van der Waals surface area contributed by atoms with Crippen LogP contribution in [0.3, 0.4) is 0 Å². The lowest BCUT2D eigenvalue weighted by Crippen LogP contribution is -2.46. The molecular weight excluding hydrogens is 454 g/mol.